The number of carbonyl (C=O) groups excluding carboxylic acids is 1. The van der Waals surface area contributed by atoms with Crippen LogP contribution in [0.3, 0.4) is 0 Å². The first-order valence-electron chi connectivity index (χ1n) is 7.89. The summed E-state index contributed by atoms with van der Waals surface area (Å²) in [6.45, 7) is 8.14. The highest BCUT2D eigenvalue weighted by Crippen LogP contribution is 2.19. The molecule has 1 amide bonds. The summed E-state index contributed by atoms with van der Waals surface area (Å²) in [5, 5.41) is 2.97. The van der Waals surface area contributed by atoms with Crippen molar-refractivity contribution in [2.24, 2.45) is 0 Å². The predicted octanol–water partition coefficient (Wildman–Crippen LogP) is 3.41. The fraction of sp³-hybridized carbons (Fsp3) is 0.389. The molecule has 0 radical (unpaired) electrons. The molecule has 0 aliphatic heterocycles. The number of carbonyl (C=O) groups is 1. The van der Waals surface area contributed by atoms with Gasteiger partial charge in [-0.15, -0.1) is 0 Å². The Morgan fingerprint density at radius 1 is 1.14 bits per heavy atom. The average Bonchev–Trinajstić information content (AvgIpc) is 3.09. The minimum atomic E-state index is -0.0226. The molecular formula is C18H24N2O2. The van der Waals surface area contributed by atoms with Crippen LogP contribution in [-0.4, -0.2) is 37.0 Å². The molecule has 0 saturated carbocycles. The first-order chi connectivity index (χ1) is 10.7. The number of amides is 1. The van der Waals surface area contributed by atoms with Crippen LogP contribution in [0, 0.1) is 0 Å². The summed E-state index contributed by atoms with van der Waals surface area (Å²) in [6, 6.07) is 11.2. The van der Waals surface area contributed by atoms with E-state index in [-0.39, 0.29) is 5.91 Å². The van der Waals surface area contributed by atoms with E-state index in [4.69, 9.17) is 4.42 Å². The van der Waals surface area contributed by atoms with Gasteiger partial charge in [0.05, 0.1) is 6.26 Å². The van der Waals surface area contributed by atoms with Crippen molar-refractivity contribution in [1.82, 2.24) is 10.2 Å². The molecule has 4 heteroatoms. The lowest BCUT2D eigenvalue weighted by molar-refractivity contribution is 0.0952. The Morgan fingerprint density at radius 2 is 1.86 bits per heavy atom. The zero-order chi connectivity index (χ0) is 15.8. The van der Waals surface area contributed by atoms with Gasteiger partial charge >= 0.3 is 0 Å². The Balaban J connectivity index is 1.80. The van der Waals surface area contributed by atoms with Crippen molar-refractivity contribution in [3.05, 3.63) is 48.2 Å². The second-order valence-electron chi connectivity index (χ2n) is 5.19. The van der Waals surface area contributed by atoms with E-state index in [1.807, 2.05) is 36.4 Å². The van der Waals surface area contributed by atoms with Crippen molar-refractivity contribution in [1.29, 1.82) is 0 Å². The zero-order valence-electron chi connectivity index (χ0n) is 13.3. The van der Waals surface area contributed by atoms with E-state index in [1.54, 1.807) is 6.26 Å². The lowest BCUT2D eigenvalue weighted by atomic mass is 10.1. The van der Waals surface area contributed by atoms with Gasteiger partial charge in [-0.1, -0.05) is 26.0 Å². The lowest BCUT2D eigenvalue weighted by Crippen LogP contribution is -2.29. The molecule has 0 bridgehead atoms. The van der Waals surface area contributed by atoms with Crippen LogP contribution < -0.4 is 5.32 Å². The number of hydrogen-bond acceptors (Lipinski definition) is 3. The van der Waals surface area contributed by atoms with Crippen molar-refractivity contribution in [3.8, 4) is 11.3 Å². The molecule has 0 spiro atoms. The smallest absolute Gasteiger partial charge is 0.251 e. The van der Waals surface area contributed by atoms with Crippen molar-refractivity contribution >= 4 is 5.91 Å². The van der Waals surface area contributed by atoms with Gasteiger partial charge in [0.2, 0.25) is 0 Å². The van der Waals surface area contributed by atoms with Crippen LogP contribution in [-0.2, 0) is 0 Å². The van der Waals surface area contributed by atoms with E-state index in [2.05, 4.69) is 24.1 Å². The summed E-state index contributed by atoms with van der Waals surface area (Å²) in [5.74, 6) is 0.789. The topological polar surface area (TPSA) is 45.5 Å². The van der Waals surface area contributed by atoms with Gasteiger partial charge in [0.25, 0.3) is 5.91 Å². The van der Waals surface area contributed by atoms with Gasteiger partial charge in [-0.25, -0.2) is 0 Å². The fourth-order valence-electron chi connectivity index (χ4n) is 2.38. The third kappa shape index (κ3) is 4.46. The molecule has 0 unspecified atom stereocenters. The number of benzene rings is 1. The number of nitrogens with zero attached hydrogens (tertiary/aromatic N) is 1. The van der Waals surface area contributed by atoms with Crippen LogP contribution >= 0.6 is 0 Å². The highest BCUT2D eigenvalue weighted by molar-refractivity contribution is 5.94. The molecule has 0 aliphatic carbocycles. The van der Waals surface area contributed by atoms with Crippen LogP contribution in [0.2, 0.25) is 0 Å². The first-order valence-corrected chi connectivity index (χ1v) is 7.89. The summed E-state index contributed by atoms with van der Waals surface area (Å²) in [5.41, 5.74) is 1.65. The van der Waals surface area contributed by atoms with Crippen molar-refractivity contribution in [2.75, 3.05) is 26.2 Å². The summed E-state index contributed by atoms with van der Waals surface area (Å²) < 4.78 is 5.34. The molecule has 1 aromatic heterocycles. The van der Waals surface area contributed by atoms with Crippen molar-refractivity contribution < 1.29 is 9.21 Å². The summed E-state index contributed by atoms with van der Waals surface area (Å²) in [6.07, 6.45) is 2.61. The number of furan rings is 1. The number of nitrogens with one attached hydrogen (secondary N) is 1. The Morgan fingerprint density at radius 3 is 2.45 bits per heavy atom. The van der Waals surface area contributed by atoms with Crippen LogP contribution in [0.1, 0.15) is 30.6 Å². The zero-order valence-corrected chi connectivity index (χ0v) is 13.3. The highest BCUT2D eigenvalue weighted by atomic mass is 16.3. The van der Waals surface area contributed by atoms with Crippen molar-refractivity contribution in [2.45, 2.75) is 20.3 Å². The summed E-state index contributed by atoms with van der Waals surface area (Å²) in [4.78, 5) is 14.4. The molecule has 2 rings (SSSR count). The predicted molar refractivity (Wildman–Crippen MR) is 88.9 cm³/mol. The summed E-state index contributed by atoms with van der Waals surface area (Å²) in [7, 11) is 0. The molecule has 0 aliphatic rings. The second-order valence-corrected chi connectivity index (χ2v) is 5.19. The maximum atomic E-state index is 12.1. The van der Waals surface area contributed by atoms with Gasteiger partial charge < -0.3 is 14.6 Å². The van der Waals surface area contributed by atoms with Crippen LogP contribution in [0.15, 0.2) is 47.1 Å². The Bertz CT molecular complexity index is 557. The minimum absolute atomic E-state index is 0.0226. The summed E-state index contributed by atoms with van der Waals surface area (Å²) >= 11 is 0. The van der Waals surface area contributed by atoms with E-state index < -0.39 is 0 Å². The quantitative estimate of drug-likeness (QED) is 0.760. The molecule has 1 heterocycles. The maximum absolute atomic E-state index is 12.1. The van der Waals surface area contributed by atoms with Gasteiger partial charge in [0.15, 0.2) is 0 Å². The molecular weight excluding hydrogens is 276 g/mol. The van der Waals surface area contributed by atoms with Gasteiger partial charge in [0.1, 0.15) is 5.76 Å². The molecule has 1 aromatic carbocycles. The second kappa shape index (κ2) is 8.39. The van der Waals surface area contributed by atoms with E-state index >= 15 is 0 Å². The van der Waals surface area contributed by atoms with Gasteiger partial charge in [-0.2, -0.15) is 0 Å². The highest BCUT2D eigenvalue weighted by Gasteiger charge is 2.07. The molecule has 2 aromatic rings. The molecule has 118 valence electrons. The first kappa shape index (κ1) is 16.3. The Kier molecular flexibility index (Phi) is 6.22. The van der Waals surface area contributed by atoms with Gasteiger partial charge in [0, 0.05) is 17.7 Å². The van der Waals surface area contributed by atoms with Crippen LogP contribution in [0.5, 0.6) is 0 Å². The number of hydrogen-bond donors (Lipinski definition) is 1. The van der Waals surface area contributed by atoms with Crippen molar-refractivity contribution in [3.63, 3.8) is 0 Å². The molecule has 22 heavy (non-hydrogen) atoms. The maximum Gasteiger partial charge on any atom is 0.251 e. The monoisotopic (exact) mass is 300 g/mol. The van der Waals surface area contributed by atoms with E-state index in [1.165, 1.54) is 0 Å². The third-order valence-electron chi connectivity index (χ3n) is 3.78. The van der Waals surface area contributed by atoms with Crippen LogP contribution in [0.25, 0.3) is 11.3 Å². The molecule has 0 atom stereocenters. The standard InChI is InChI=1S/C18H24N2O2/c1-3-20(4-2)13-6-12-19-18(21)16-10-8-15(9-11-16)17-7-5-14-22-17/h5,7-11,14H,3-4,6,12-13H2,1-2H3,(H,19,21). The fourth-order valence-corrected chi connectivity index (χ4v) is 2.38. The van der Waals surface area contributed by atoms with Crippen LogP contribution in [0.4, 0.5) is 0 Å². The van der Waals surface area contributed by atoms with Gasteiger partial charge in [-0.05, 0) is 50.3 Å². The Labute approximate surface area is 132 Å². The van der Waals surface area contributed by atoms with Gasteiger partial charge in [-0.3, -0.25) is 4.79 Å². The molecule has 0 fully saturated rings. The third-order valence-corrected chi connectivity index (χ3v) is 3.78. The molecule has 1 N–H and O–H groups in total. The normalized spacial score (nSPS) is 10.9. The van der Waals surface area contributed by atoms with E-state index in [9.17, 15) is 4.79 Å². The number of rotatable bonds is 8. The average molecular weight is 300 g/mol. The largest absolute Gasteiger partial charge is 0.464 e. The van der Waals surface area contributed by atoms with E-state index in [0.29, 0.717) is 12.1 Å². The Hall–Kier alpha value is -2.07. The van der Waals surface area contributed by atoms with E-state index in [0.717, 1.165) is 37.4 Å². The molecule has 4 nitrogen and oxygen atoms in total. The minimum Gasteiger partial charge on any atom is -0.464 e. The molecule has 0 saturated heterocycles. The lowest BCUT2D eigenvalue weighted by Gasteiger charge is -2.17. The SMILES string of the molecule is CCN(CC)CCCNC(=O)c1ccc(-c2ccco2)cc1.